The monoisotopic (exact) mass is 298 g/mol. The Labute approximate surface area is 128 Å². The molecule has 3 rings (SSSR count). The van der Waals surface area contributed by atoms with E-state index in [2.05, 4.69) is 5.32 Å². The molecule has 3 nitrogen and oxygen atoms in total. The fraction of sp³-hybridized carbons (Fsp3) is 0.118. The standard InChI is InChI=1S/C17H15ClN2O/c1-12-4-2-5-13(10-12)19-17(21)11-20-9-8-14-15(18)6-3-7-16(14)20/h2-10H,11H2,1H3,(H,19,21). The normalized spacial score (nSPS) is 10.8. The van der Waals surface area contributed by atoms with E-state index in [-0.39, 0.29) is 12.5 Å². The summed E-state index contributed by atoms with van der Waals surface area (Å²) in [5, 5.41) is 4.57. The van der Waals surface area contributed by atoms with Crippen molar-refractivity contribution in [3.05, 3.63) is 65.3 Å². The van der Waals surface area contributed by atoms with Crippen molar-refractivity contribution in [3.63, 3.8) is 0 Å². The Morgan fingerprint density at radius 3 is 2.81 bits per heavy atom. The first kappa shape index (κ1) is 13.7. The lowest BCUT2D eigenvalue weighted by Crippen LogP contribution is -2.18. The topological polar surface area (TPSA) is 34.0 Å². The second kappa shape index (κ2) is 5.62. The largest absolute Gasteiger partial charge is 0.338 e. The van der Waals surface area contributed by atoms with Crippen LogP contribution in [-0.4, -0.2) is 10.5 Å². The van der Waals surface area contributed by atoms with Gasteiger partial charge in [0.05, 0.1) is 0 Å². The van der Waals surface area contributed by atoms with Gasteiger partial charge in [-0.1, -0.05) is 29.8 Å². The van der Waals surface area contributed by atoms with Crippen LogP contribution in [0.3, 0.4) is 0 Å². The third kappa shape index (κ3) is 2.93. The maximum absolute atomic E-state index is 12.2. The quantitative estimate of drug-likeness (QED) is 0.771. The second-order valence-electron chi connectivity index (χ2n) is 5.03. The highest BCUT2D eigenvalue weighted by Crippen LogP contribution is 2.24. The van der Waals surface area contributed by atoms with Gasteiger partial charge in [0.2, 0.25) is 5.91 Å². The van der Waals surface area contributed by atoms with E-state index >= 15 is 0 Å². The summed E-state index contributed by atoms with van der Waals surface area (Å²) in [6.45, 7) is 2.26. The lowest BCUT2D eigenvalue weighted by molar-refractivity contribution is -0.116. The number of hydrogen-bond donors (Lipinski definition) is 1. The van der Waals surface area contributed by atoms with Crippen LogP contribution in [0.15, 0.2) is 54.7 Å². The van der Waals surface area contributed by atoms with Crippen molar-refractivity contribution in [1.29, 1.82) is 0 Å². The molecule has 0 aliphatic rings. The smallest absolute Gasteiger partial charge is 0.244 e. The molecule has 0 radical (unpaired) electrons. The first-order valence-corrected chi connectivity index (χ1v) is 7.11. The summed E-state index contributed by atoms with van der Waals surface area (Å²) in [6.07, 6.45) is 1.88. The number of benzene rings is 2. The van der Waals surface area contributed by atoms with Gasteiger partial charge in [0.15, 0.2) is 0 Å². The van der Waals surface area contributed by atoms with Crippen LogP contribution in [0.25, 0.3) is 10.9 Å². The van der Waals surface area contributed by atoms with E-state index in [0.29, 0.717) is 5.02 Å². The minimum absolute atomic E-state index is 0.0573. The Morgan fingerprint density at radius 2 is 2.00 bits per heavy atom. The molecule has 0 bridgehead atoms. The van der Waals surface area contributed by atoms with Crippen molar-refractivity contribution in [1.82, 2.24) is 4.57 Å². The molecule has 3 aromatic rings. The van der Waals surface area contributed by atoms with Crippen LogP contribution in [0.4, 0.5) is 5.69 Å². The van der Waals surface area contributed by atoms with E-state index < -0.39 is 0 Å². The maximum atomic E-state index is 12.2. The Morgan fingerprint density at radius 1 is 1.19 bits per heavy atom. The van der Waals surface area contributed by atoms with Crippen molar-refractivity contribution >= 4 is 34.1 Å². The average Bonchev–Trinajstić information content (AvgIpc) is 2.83. The summed E-state index contributed by atoms with van der Waals surface area (Å²) >= 11 is 6.14. The molecule has 0 aliphatic carbocycles. The minimum Gasteiger partial charge on any atom is -0.338 e. The summed E-state index contributed by atoms with van der Waals surface area (Å²) in [6, 6.07) is 15.4. The molecule has 0 fully saturated rings. The number of fused-ring (bicyclic) bond motifs is 1. The van der Waals surface area contributed by atoms with Crippen LogP contribution >= 0.6 is 11.6 Å². The Bertz CT molecular complexity index is 807. The molecule has 4 heteroatoms. The van der Waals surface area contributed by atoms with E-state index in [1.54, 1.807) is 0 Å². The van der Waals surface area contributed by atoms with Crippen molar-refractivity contribution in [3.8, 4) is 0 Å². The molecule has 1 aromatic heterocycles. The van der Waals surface area contributed by atoms with Gasteiger partial charge < -0.3 is 9.88 Å². The molecule has 0 saturated carbocycles. The fourth-order valence-corrected chi connectivity index (χ4v) is 2.63. The first-order valence-electron chi connectivity index (χ1n) is 6.73. The van der Waals surface area contributed by atoms with Crippen molar-refractivity contribution in [2.75, 3.05) is 5.32 Å². The third-order valence-electron chi connectivity index (χ3n) is 3.38. The fourth-order valence-electron chi connectivity index (χ4n) is 2.40. The predicted molar refractivity (Wildman–Crippen MR) is 86.8 cm³/mol. The van der Waals surface area contributed by atoms with E-state index in [1.807, 2.05) is 66.2 Å². The summed E-state index contributed by atoms with van der Waals surface area (Å²) in [5.74, 6) is -0.0573. The lowest BCUT2D eigenvalue weighted by atomic mass is 10.2. The third-order valence-corrected chi connectivity index (χ3v) is 3.71. The van der Waals surface area contributed by atoms with Crippen molar-refractivity contribution in [2.45, 2.75) is 13.5 Å². The highest BCUT2D eigenvalue weighted by molar-refractivity contribution is 6.35. The van der Waals surface area contributed by atoms with Gasteiger partial charge >= 0.3 is 0 Å². The van der Waals surface area contributed by atoms with Crippen LogP contribution in [0.5, 0.6) is 0 Å². The number of aryl methyl sites for hydroxylation is 1. The number of aromatic nitrogens is 1. The Kier molecular flexibility index (Phi) is 3.67. The number of nitrogens with one attached hydrogen (secondary N) is 1. The Hall–Kier alpha value is -2.26. The zero-order valence-corrected chi connectivity index (χ0v) is 12.4. The van der Waals surface area contributed by atoms with Gasteiger partial charge in [0, 0.05) is 27.8 Å². The number of anilines is 1. The molecule has 2 aromatic carbocycles. The molecule has 1 heterocycles. The number of carbonyl (C=O) groups is 1. The predicted octanol–water partition coefficient (Wildman–Crippen LogP) is 4.24. The number of rotatable bonds is 3. The zero-order valence-electron chi connectivity index (χ0n) is 11.6. The summed E-state index contributed by atoms with van der Waals surface area (Å²) in [5.41, 5.74) is 2.89. The molecule has 0 atom stereocenters. The highest BCUT2D eigenvalue weighted by Gasteiger charge is 2.08. The van der Waals surface area contributed by atoms with E-state index in [9.17, 15) is 4.79 Å². The SMILES string of the molecule is Cc1cccc(NC(=O)Cn2ccc3c(Cl)cccc32)c1. The van der Waals surface area contributed by atoms with Crippen LogP contribution < -0.4 is 5.32 Å². The number of hydrogen-bond acceptors (Lipinski definition) is 1. The molecule has 0 aliphatic heterocycles. The van der Waals surface area contributed by atoms with E-state index in [1.165, 1.54) is 0 Å². The molecule has 0 saturated heterocycles. The molecular formula is C17H15ClN2O. The number of carbonyl (C=O) groups excluding carboxylic acids is 1. The van der Waals surface area contributed by atoms with Crippen LogP contribution in [0.1, 0.15) is 5.56 Å². The number of amides is 1. The minimum atomic E-state index is -0.0573. The number of halogens is 1. The van der Waals surface area contributed by atoms with Gasteiger partial charge in [-0.25, -0.2) is 0 Å². The van der Waals surface area contributed by atoms with Crippen molar-refractivity contribution in [2.24, 2.45) is 0 Å². The summed E-state index contributed by atoms with van der Waals surface area (Å²) in [7, 11) is 0. The number of nitrogens with zero attached hydrogens (tertiary/aromatic N) is 1. The highest BCUT2D eigenvalue weighted by atomic mass is 35.5. The molecule has 0 unspecified atom stereocenters. The Balaban J connectivity index is 1.79. The van der Waals surface area contributed by atoms with Gasteiger partial charge in [-0.3, -0.25) is 4.79 Å². The second-order valence-corrected chi connectivity index (χ2v) is 5.44. The van der Waals surface area contributed by atoms with E-state index in [4.69, 9.17) is 11.6 Å². The zero-order chi connectivity index (χ0) is 14.8. The lowest BCUT2D eigenvalue weighted by Gasteiger charge is -2.08. The molecule has 21 heavy (non-hydrogen) atoms. The van der Waals surface area contributed by atoms with Gasteiger partial charge in [0.1, 0.15) is 6.54 Å². The molecule has 0 spiro atoms. The molecule has 1 amide bonds. The molecular weight excluding hydrogens is 284 g/mol. The van der Waals surface area contributed by atoms with Crippen LogP contribution in [0.2, 0.25) is 5.02 Å². The molecule has 1 N–H and O–H groups in total. The summed E-state index contributed by atoms with van der Waals surface area (Å²) in [4.78, 5) is 12.2. The maximum Gasteiger partial charge on any atom is 0.244 e. The van der Waals surface area contributed by atoms with Gasteiger partial charge in [-0.05, 0) is 42.8 Å². The van der Waals surface area contributed by atoms with Crippen LogP contribution in [-0.2, 0) is 11.3 Å². The average molecular weight is 299 g/mol. The van der Waals surface area contributed by atoms with Crippen LogP contribution in [0, 0.1) is 6.92 Å². The van der Waals surface area contributed by atoms with E-state index in [0.717, 1.165) is 22.2 Å². The van der Waals surface area contributed by atoms with Gasteiger partial charge in [-0.2, -0.15) is 0 Å². The summed E-state index contributed by atoms with van der Waals surface area (Å²) < 4.78 is 1.90. The first-order chi connectivity index (χ1) is 10.1. The van der Waals surface area contributed by atoms with Gasteiger partial charge in [0.25, 0.3) is 0 Å². The van der Waals surface area contributed by atoms with Crippen molar-refractivity contribution < 1.29 is 4.79 Å². The molecule has 106 valence electrons. The van der Waals surface area contributed by atoms with Gasteiger partial charge in [-0.15, -0.1) is 0 Å².